The zero-order valence-corrected chi connectivity index (χ0v) is 14.7. The lowest BCUT2D eigenvalue weighted by Crippen LogP contribution is -2.32. The maximum Gasteiger partial charge on any atom is 0.115 e. The van der Waals surface area contributed by atoms with E-state index in [1.54, 1.807) is 6.07 Å². The summed E-state index contributed by atoms with van der Waals surface area (Å²) in [6.45, 7) is 0. The van der Waals surface area contributed by atoms with E-state index in [4.69, 9.17) is 11.6 Å². The quantitative estimate of drug-likeness (QED) is 0.652. The summed E-state index contributed by atoms with van der Waals surface area (Å²) in [7, 11) is 0. The van der Waals surface area contributed by atoms with Gasteiger partial charge in [-0.25, -0.2) is 0 Å². The van der Waals surface area contributed by atoms with Crippen molar-refractivity contribution in [3.05, 3.63) is 64.7 Å². The van der Waals surface area contributed by atoms with Crippen molar-refractivity contribution in [1.29, 1.82) is 0 Å². The number of hydrogen-bond donors (Lipinski definition) is 1. The van der Waals surface area contributed by atoms with E-state index in [9.17, 15) is 5.11 Å². The summed E-state index contributed by atoms with van der Waals surface area (Å²) < 4.78 is 0. The highest BCUT2D eigenvalue weighted by Crippen LogP contribution is 2.34. The standard InChI is InChI=1S/C16H15Br2ClO/c17-10-16(11-18,13-4-6-14(19)7-5-13)9-12-2-1-3-15(20)8-12/h1-8,20H,9-11H2. The van der Waals surface area contributed by atoms with Crippen LogP contribution in [0.3, 0.4) is 0 Å². The summed E-state index contributed by atoms with van der Waals surface area (Å²) in [6.07, 6.45) is 0.833. The molecule has 0 aliphatic rings. The first-order valence-electron chi connectivity index (χ1n) is 6.25. The summed E-state index contributed by atoms with van der Waals surface area (Å²) in [5, 5.41) is 12.0. The average Bonchev–Trinajstić information content (AvgIpc) is 2.46. The van der Waals surface area contributed by atoms with E-state index in [2.05, 4.69) is 44.0 Å². The highest BCUT2D eigenvalue weighted by Gasteiger charge is 2.30. The summed E-state index contributed by atoms with van der Waals surface area (Å²) >= 11 is 13.3. The van der Waals surface area contributed by atoms with Crippen molar-refractivity contribution < 1.29 is 5.11 Å². The number of alkyl halides is 2. The normalized spacial score (nSPS) is 11.6. The monoisotopic (exact) mass is 416 g/mol. The van der Waals surface area contributed by atoms with Crippen LogP contribution in [0.15, 0.2) is 48.5 Å². The van der Waals surface area contributed by atoms with E-state index in [0.29, 0.717) is 5.75 Å². The molecule has 0 heterocycles. The Morgan fingerprint density at radius 3 is 2.20 bits per heavy atom. The molecule has 1 N–H and O–H groups in total. The Morgan fingerprint density at radius 2 is 1.65 bits per heavy atom. The molecule has 20 heavy (non-hydrogen) atoms. The predicted molar refractivity (Wildman–Crippen MR) is 92.5 cm³/mol. The van der Waals surface area contributed by atoms with Crippen molar-refractivity contribution in [2.24, 2.45) is 0 Å². The van der Waals surface area contributed by atoms with Crippen molar-refractivity contribution >= 4 is 43.5 Å². The van der Waals surface area contributed by atoms with Crippen LogP contribution in [0.4, 0.5) is 0 Å². The summed E-state index contributed by atoms with van der Waals surface area (Å²) in [6, 6.07) is 15.4. The lowest BCUT2D eigenvalue weighted by Gasteiger charge is -2.31. The average molecular weight is 419 g/mol. The highest BCUT2D eigenvalue weighted by atomic mass is 79.9. The number of halogens is 3. The van der Waals surface area contributed by atoms with Gasteiger partial charge in [0.15, 0.2) is 0 Å². The van der Waals surface area contributed by atoms with Gasteiger partial charge < -0.3 is 5.11 Å². The summed E-state index contributed by atoms with van der Waals surface area (Å²) in [4.78, 5) is 0. The molecule has 2 aromatic carbocycles. The first kappa shape index (κ1) is 15.9. The minimum atomic E-state index is -0.0710. The van der Waals surface area contributed by atoms with Crippen LogP contribution in [0, 0.1) is 0 Å². The molecular weight excluding hydrogens is 403 g/mol. The SMILES string of the molecule is Oc1cccc(CC(CBr)(CBr)c2ccc(Cl)cc2)c1. The third-order valence-electron chi connectivity index (χ3n) is 3.42. The number of benzene rings is 2. The Bertz CT molecular complexity index is 565. The van der Waals surface area contributed by atoms with Gasteiger partial charge in [0.1, 0.15) is 5.75 Å². The summed E-state index contributed by atoms with van der Waals surface area (Å²) in [5.41, 5.74) is 2.26. The van der Waals surface area contributed by atoms with Crippen LogP contribution in [-0.2, 0) is 11.8 Å². The Balaban J connectivity index is 2.36. The van der Waals surface area contributed by atoms with Crippen molar-refractivity contribution in [2.75, 3.05) is 10.7 Å². The molecule has 4 heteroatoms. The zero-order valence-electron chi connectivity index (χ0n) is 10.8. The molecule has 0 amide bonds. The summed E-state index contributed by atoms with van der Waals surface area (Å²) in [5.74, 6) is 0.302. The topological polar surface area (TPSA) is 20.2 Å². The van der Waals surface area contributed by atoms with Gasteiger partial charge in [-0.3, -0.25) is 0 Å². The molecule has 0 spiro atoms. The molecule has 0 bridgehead atoms. The van der Waals surface area contributed by atoms with Gasteiger partial charge in [-0.05, 0) is 41.8 Å². The van der Waals surface area contributed by atoms with Crippen LogP contribution in [0.1, 0.15) is 11.1 Å². The zero-order chi connectivity index (χ0) is 14.6. The van der Waals surface area contributed by atoms with Crippen LogP contribution >= 0.6 is 43.5 Å². The number of phenolic OH excluding ortho intramolecular Hbond substituents is 1. The Labute approximate surface area is 141 Å². The fraction of sp³-hybridized carbons (Fsp3) is 0.250. The molecule has 0 aliphatic carbocycles. The van der Waals surface area contributed by atoms with Gasteiger partial charge in [0.05, 0.1) is 0 Å². The number of aromatic hydroxyl groups is 1. The fourth-order valence-corrected chi connectivity index (χ4v) is 4.35. The molecule has 0 saturated heterocycles. The molecule has 2 rings (SSSR count). The van der Waals surface area contributed by atoms with Gasteiger partial charge in [0, 0.05) is 21.1 Å². The van der Waals surface area contributed by atoms with Gasteiger partial charge in [0.2, 0.25) is 0 Å². The molecule has 0 aliphatic heterocycles. The van der Waals surface area contributed by atoms with Gasteiger partial charge >= 0.3 is 0 Å². The molecule has 0 fully saturated rings. The molecular formula is C16H15Br2ClO. The molecule has 0 unspecified atom stereocenters. The predicted octanol–water partition coefficient (Wildman–Crippen LogP) is 5.32. The third kappa shape index (κ3) is 3.57. The van der Waals surface area contributed by atoms with E-state index >= 15 is 0 Å². The molecule has 2 aromatic rings. The number of rotatable bonds is 5. The minimum Gasteiger partial charge on any atom is -0.508 e. The second kappa shape index (κ2) is 6.97. The largest absolute Gasteiger partial charge is 0.508 e. The first-order chi connectivity index (χ1) is 9.59. The second-order valence-corrected chi connectivity index (χ2v) is 6.46. The lowest BCUT2D eigenvalue weighted by atomic mass is 9.79. The number of phenols is 1. The molecule has 0 radical (unpaired) electrons. The van der Waals surface area contributed by atoms with Gasteiger partial charge in [-0.1, -0.05) is 67.7 Å². The Hall–Kier alpha value is -0.510. The van der Waals surface area contributed by atoms with Crippen LogP contribution < -0.4 is 0 Å². The molecule has 0 aromatic heterocycles. The van der Waals surface area contributed by atoms with Crippen molar-refractivity contribution in [1.82, 2.24) is 0 Å². The van der Waals surface area contributed by atoms with Gasteiger partial charge in [-0.2, -0.15) is 0 Å². The van der Waals surface area contributed by atoms with E-state index in [-0.39, 0.29) is 5.41 Å². The van der Waals surface area contributed by atoms with Gasteiger partial charge in [-0.15, -0.1) is 0 Å². The van der Waals surface area contributed by atoms with E-state index in [1.807, 2.05) is 30.3 Å². The van der Waals surface area contributed by atoms with Crippen LogP contribution in [-0.4, -0.2) is 15.8 Å². The smallest absolute Gasteiger partial charge is 0.115 e. The maximum atomic E-state index is 9.62. The Kier molecular flexibility index (Phi) is 5.53. The lowest BCUT2D eigenvalue weighted by molar-refractivity contribution is 0.472. The molecule has 0 saturated carbocycles. The molecule has 1 nitrogen and oxygen atoms in total. The second-order valence-electron chi connectivity index (χ2n) is 4.90. The van der Waals surface area contributed by atoms with E-state index in [1.165, 1.54) is 5.56 Å². The Morgan fingerprint density at radius 1 is 1.00 bits per heavy atom. The molecule has 0 atom stereocenters. The molecule has 106 valence electrons. The highest BCUT2D eigenvalue weighted by molar-refractivity contribution is 9.09. The van der Waals surface area contributed by atoms with Crippen molar-refractivity contribution in [3.63, 3.8) is 0 Å². The number of hydrogen-bond acceptors (Lipinski definition) is 1. The van der Waals surface area contributed by atoms with Gasteiger partial charge in [0.25, 0.3) is 0 Å². The van der Waals surface area contributed by atoms with Crippen LogP contribution in [0.25, 0.3) is 0 Å². The van der Waals surface area contributed by atoms with Crippen LogP contribution in [0.2, 0.25) is 5.02 Å². The third-order valence-corrected chi connectivity index (χ3v) is 5.82. The fourth-order valence-electron chi connectivity index (χ4n) is 2.25. The van der Waals surface area contributed by atoms with Crippen LogP contribution in [0.5, 0.6) is 5.75 Å². The first-order valence-corrected chi connectivity index (χ1v) is 8.87. The maximum absolute atomic E-state index is 9.62. The van der Waals surface area contributed by atoms with Crippen molar-refractivity contribution in [3.8, 4) is 5.75 Å². The minimum absolute atomic E-state index is 0.0710. The van der Waals surface area contributed by atoms with E-state index in [0.717, 1.165) is 27.7 Å². The van der Waals surface area contributed by atoms with E-state index < -0.39 is 0 Å². The van der Waals surface area contributed by atoms with Crippen molar-refractivity contribution in [2.45, 2.75) is 11.8 Å².